The van der Waals surface area contributed by atoms with Crippen molar-refractivity contribution in [2.45, 2.75) is 12.8 Å². The Balaban J connectivity index is 2.53. The van der Waals surface area contributed by atoms with Crippen molar-refractivity contribution >= 4 is 17.6 Å². The van der Waals surface area contributed by atoms with Gasteiger partial charge in [-0.1, -0.05) is 0 Å². The van der Waals surface area contributed by atoms with E-state index >= 15 is 0 Å². The molecule has 12 heavy (non-hydrogen) atoms. The van der Waals surface area contributed by atoms with E-state index in [1.807, 2.05) is 0 Å². The zero-order valence-corrected chi connectivity index (χ0v) is 6.95. The molecule has 0 fully saturated rings. The number of aliphatic carboxylic acids is 1. The maximum absolute atomic E-state index is 10.2. The highest BCUT2D eigenvalue weighted by Crippen LogP contribution is 2.02. The standard InChI is InChI=1S/C7H7ClN2O2/c8-7-9-3-5(4-10-7)1-2-6(11)12/h3-4H,1-2H2,(H,11,12). The number of carbonyl (C=O) groups is 1. The monoisotopic (exact) mass is 186 g/mol. The highest BCUT2D eigenvalue weighted by Gasteiger charge is 1.99. The summed E-state index contributed by atoms with van der Waals surface area (Å²) in [6.45, 7) is 0. The van der Waals surface area contributed by atoms with Gasteiger partial charge in [0.25, 0.3) is 0 Å². The second kappa shape index (κ2) is 4.01. The van der Waals surface area contributed by atoms with Gasteiger partial charge in [0.15, 0.2) is 0 Å². The van der Waals surface area contributed by atoms with E-state index in [2.05, 4.69) is 9.97 Å². The summed E-state index contributed by atoms with van der Waals surface area (Å²) in [5, 5.41) is 8.54. The minimum absolute atomic E-state index is 0.0883. The average Bonchev–Trinajstić information content (AvgIpc) is 2.03. The summed E-state index contributed by atoms with van der Waals surface area (Å²) < 4.78 is 0. The Bertz CT molecular complexity index is 273. The van der Waals surface area contributed by atoms with Gasteiger partial charge < -0.3 is 5.11 Å². The number of carboxylic acids is 1. The molecule has 0 spiro atoms. The molecule has 0 amide bonds. The molecule has 1 rings (SSSR count). The fraction of sp³-hybridized carbons (Fsp3) is 0.286. The lowest BCUT2D eigenvalue weighted by Crippen LogP contribution is -1.98. The number of aromatic nitrogens is 2. The largest absolute Gasteiger partial charge is 0.481 e. The molecule has 5 heteroatoms. The Morgan fingerprint density at radius 3 is 2.58 bits per heavy atom. The molecule has 0 aromatic carbocycles. The van der Waals surface area contributed by atoms with Crippen molar-refractivity contribution in [3.05, 3.63) is 23.2 Å². The molecular formula is C7H7ClN2O2. The summed E-state index contributed by atoms with van der Waals surface area (Å²) >= 11 is 5.44. The van der Waals surface area contributed by atoms with Crippen LogP contribution in [-0.4, -0.2) is 21.0 Å². The van der Waals surface area contributed by atoms with Crippen LogP contribution in [0, 0.1) is 0 Å². The third kappa shape index (κ3) is 2.84. The predicted octanol–water partition coefficient (Wildman–Crippen LogP) is 1.15. The molecule has 1 N–H and O–H groups in total. The third-order valence-electron chi connectivity index (χ3n) is 1.30. The smallest absolute Gasteiger partial charge is 0.303 e. The van der Waals surface area contributed by atoms with Crippen LogP contribution in [0.3, 0.4) is 0 Å². The Hall–Kier alpha value is -1.16. The fourth-order valence-electron chi connectivity index (χ4n) is 0.719. The molecule has 0 aliphatic heterocycles. The predicted molar refractivity (Wildman–Crippen MR) is 43.0 cm³/mol. The number of rotatable bonds is 3. The molecule has 1 aromatic heterocycles. The zero-order chi connectivity index (χ0) is 8.97. The van der Waals surface area contributed by atoms with Crippen LogP contribution in [0.5, 0.6) is 0 Å². The molecule has 64 valence electrons. The van der Waals surface area contributed by atoms with E-state index in [9.17, 15) is 4.79 Å². The molecule has 1 heterocycles. The van der Waals surface area contributed by atoms with Crippen molar-refractivity contribution in [2.24, 2.45) is 0 Å². The van der Waals surface area contributed by atoms with E-state index < -0.39 is 5.97 Å². The molecule has 0 saturated carbocycles. The molecule has 0 saturated heterocycles. The quantitative estimate of drug-likeness (QED) is 0.720. The Morgan fingerprint density at radius 2 is 2.08 bits per heavy atom. The highest BCUT2D eigenvalue weighted by atomic mass is 35.5. The lowest BCUT2D eigenvalue weighted by Gasteiger charge is -1.95. The van der Waals surface area contributed by atoms with Crippen molar-refractivity contribution < 1.29 is 9.90 Å². The Morgan fingerprint density at radius 1 is 1.50 bits per heavy atom. The van der Waals surface area contributed by atoms with Gasteiger partial charge in [0.1, 0.15) is 0 Å². The SMILES string of the molecule is O=C(O)CCc1cnc(Cl)nc1. The van der Waals surface area contributed by atoms with Gasteiger partial charge in [-0.2, -0.15) is 0 Å². The molecule has 0 aliphatic rings. The summed E-state index contributed by atoms with van der Waals surface area (Å²) in [7, 11) is 0. The van der Waals surface area contributed by atoms with Crippen LogP contribution >= 0.6 is 11.6 Å². The van der Waals surface area contributed by atoms with Gasteiger partial charge in [0.05, 0.1) is 0 Å². The summed E-state index contributed by atoms with van der Waals surface area (Å²) in [5.74, 6) is -0.829. The normalized spacial score (nSPS) is 9.75. The van der Waals surface area contributed by atoms with Gasteiger partial charge in [0.2, 0.25) is 5.28 Å². The number of aryl methyl sites for hydroxylation is 1. The van der Waals surface area contributed by atoms with Crippen LogP contribution in [0.15, 0.2) is 12.4 Å². The highest BCUT2D eigenvalue weighted by molar-refractivity contribution is 6.28. The van der Waals surface area contributed by atoms with Crippen LogP contribution in [0.2, 0.25) is 5.28 Å². The first-order valence-electron chi connectivity index (χ1n) is 3.36. The van der Waals surface area contributed by atoms with E-state index in [1.54, 1.807) is 0 Å². The van der Waals surface area contributed by atoms with Crippen molar-refractivity contribution in [3.63, 3.8) is 0 Å². The summed E-state index contributed by atoms with van der Waals surface area (Å²) in [6, 6.07) is 0. The van der Waals surface area contributed by atoms with Gasteiger partial charge in [-0.05, 0) is 23.6 Å². The summed E-state index contributed by atoms with van der Waals surface area (Å²) in [4.78, 5) is 17.6. The topological polar surface area (TPSA) is 63.1 Å². The number of hydrogen-bond acceptors (Lipinski definition) is 3. The van der Waals surface area contributed by atoms with Crippen LogP contribution in [-0.2, 0) is 11.2 Å². The lowest BCUT2D eigenvalue weighted by molar-refractivity contribution is -0.136. The number of hydrogen-bond donors (Lipinski definition) is 1. The van der Waals surface area contributed by atoms with Crippen molar-refractivity contribution in [1.29, 1.82) is 0 Å². The summed E-state index contributed by atoms with van der Waals surface area (Å²) in [5.41, 5.74) is 0.779. The Kier molecular flexibility index (Phi) is 2.99. The molecule has 0 aliphatic carbocycles. The first-order valence-corrected chi connectivity index (χ1v) is 3.74. The molecule has 1 aromatic rings. The minimum atomic E-state index is -0.829. The van der Waals surface area contributed by atoms with Gasteiger partial charge in [-0.25, -0.2) is 9.97 Å². The molecule has 4 nitrogen and oxygen atoms in total. The van der Waals surface area contributed by atoms with Crippen molar-refractivity contribution in [3.8, 4) is 0 Å². The second-order valence-corrected chi connectivity index (χ2v) is 2.59. The van der Waals surface area contributed by atoms with E-state index in [1.165, 1.54) is 12.4 Å². The lowest BCUT2D eigenvalue weighted by atomic mass is 10.2. The molecule has 0 atom stereocenters. The number of nitrogens with zero attached hydrogens (tertiary/aromatic N) is 2. The van der Waals surface area contributed by atoms with E-state index in [0.717, 1.165) is 5.56 Å². The molecule has 0 radical (unpaired) electrons. The maximum atomic E-state index is 10.2. The number of halogens is 1. The van der Waals surface area contributed by atoms with E-state index in [-0.39, 0.29) is 11.7 Å². The van der Waals surface area contributed by atoms with Gasteiger partial charge in [-0.3, -0.25) is 4.79 Å². The second-order valence-electron chi connectivity index (χ2n) is 2.25. The minimum Gasteiger partial charge on any atom is -0.481 e. The van der Waals surface area contributed by atoms with Gasteiger partial charge in [-0.15, -0.1) is 0 Å². The average molecular weight is 187 g/mol. The van der Waals surface area contributed by atoms with Crippen molar-refractivity contribution in [2.75, 3.05) is 0 Å². The third-order valence-corrected chi connectivity index (χ3v) is 1.50. The van der Waals surface area contributed by atoms with E-state index in [0.29, 0.717) is 6.42 Å². The van der Waals surface area contributed by atoms with Gasteiger partial charge >= 0.3 is 5.97 Å². The molecule has 0 unspecified atom stereocenters. The number of carboxylic acid groups (broad SMARTS) is 1. The summed E-state index contributed by atoms with van der Waals surface area (Å²) in [6.07, 6.45) is 3.58. The zero-order valence-electron chi connectivity index (χ0n) is 6.20. The maximum Gasteiger partial charge on any atom is 0.303 e. The fourth-order valence-corrected chi connectivity index (χ4v) is 0.817. The van der Waals surface area contributed by atoms with Crippen molar-refractivity contribution in [1.82, 2.24) is 9.97 Å². The molecule has 0 bridgehead atoms. The van der Waals surface area contributed by atoms with E-state index in [4.69, 9.17) is 16.7 Å². The van der Waals surface area contributed by atoms with Crippen LogP contribution < -0.4 is 0 Å². The van der Waals surface area contributed by atoms with Crippen LogP contribution in [0.1, 0.15) is 12.0 Å². The Labute approximate surface area is 74.2 Å². The first kappa shape index (κ1) is 8.93. The first-order chi connectivity index (χ1) is 5.68. The van der Waals surface area contributed by atoms with Gasteiger partial charge in [0, 0.05) is 18.8 Å². The molecular weight excluding hydrogens is 180 g/mol. The van der Waals surface area contributed by atoms with Crippen LogP contribution in [0.25, 0.3) is 0 Å². The van der Waals surface area contributed by atoms with Crippen LogP contribution in [0.4, 0.5) is 0 Å².